The van der Waals surface area contributed by atoms with Gasteiger partial charge in [0.1, 0.15) is 5.69 Å². The van der Waals surface area contributed by atoms with Gasteiger partial charge >= 0.3 is 0 Å². The minimum Gasteiger partial charge on any atom is -0.325 e. The highest BCUT2D eigenvalue weighted by molar-refractivity contribution is 6.03. The highest BCUT2D eigenvalue weighted by Gasteiger charge is 2.07. The lowest BCUT2D eigenvalue weighted by Gasteiger charge is -2.04. The van der Waals surface area contributed by atoms with E-state index < -0.39 is 5.91 Å². The minimum atomic E-state index is -0.438. The Kier molecular flexibility index (Phi) is 3.51. The molecule has 0 saturated heterocycles. The van der Waals surface area contributed by atoms with Crippen LogP contribution in [-0.4, -0.2) is 21.7 Å². The number of anilines is 1. The van der Waals surface area contributed by atoms with E-state index in [2.05, 4.69) is 15.3 Å². The monoisotopic (exact) mass is 257 g/mol. The molecule has 1 heterocycles. The molecule has 0 saturated carbocycles. The van der Waals surface area contributed by atoms with Gasteiger partial charge in [-0.15, -0.1) is 0 Å². The molecule has 0 aliphatic heterocycles. The molecule has 0 radical (unpaired) electrons. The van der Waals surface area contributed by atoms with E-state index >= 15 is 0 Å². The second-order valence-corrected chi connectivity index (χ2v) is 3.88. The molecule has 6 nitrogen and oxygen atoms in total. The summed E-state index contributed by atoms with van der Waals surface area (Å²) >= 11 is 0. The number of carbonyl (C=O) groups excluding carboxylic acids is 2. The van der Waals surface area contributed by atoms with Gasteiger partial charge in [0.15, 0.2) is 5.78 Å². The van der Waals surface area contributed by atoms with Crippen LogP contribution in [0.5, 0.6) is 0 Å². The smallest absolute Gasteiger partial charge is 0.275 e. The van der Waals surface area contributed by atoms with Crippen molar-refractivity contribution in [2.45, 2.75) is 6.92 Å². The van der Waals surface area contributed by atoms with Gasteiger partial charge < -0.3 is 10.3 Å². The van der Waals surface area contributed by atoms with Gasteiger partial charge in [0.25, 0.3) is 11.5 Å². The lowest BCUT2D eigenvalue weighted by Crippen LogP contribution is -2.16. The summed E-state index contributed by atoms with van der Waals surface area (Å²) in [5, 5.41) is 2.61. The molecule has 6 heteroatoms. The van der Waals surface area contributed by atoms with Gasteiger partial charge in [-0.25, -0.2) is 4.98 Å². The van der Waals surface area contributed by atoms with Crippen molar-refractivity contribution < 1.29 is 9.59 Å². The van der Waals surface area contributed by atoms with Crippen molar-refractivity contribution >= 4 is 17.4 Å². The molecule has 0 atom stereocenters. The Bertz CT molecular complexity index is 654. The molecule has 1 aromatic heterocycles. The normalized spacial score (nSPS) is 9.95. The molecule has 0 unspecified atom stereocenters. The van der Waals surface area contributed by atoms with E-state index in [-0.39, 0.29) is 17.0 Å². The second kappa shape index (κ2) is 5.26. The maximum Gasteiger partial charge on any atom is 0.275 e. The van der Waals surface area contributed by atoms with Crippen molar-refractivity contribution in [3.63, 3.8) is 0 Å². The number of rotatable bonds is 3. The third-order valence-corrected chi connectivity index (χ3v) is 2.45. The van der Waals surface area contributed by atoms with E-state index in [1.165, 1.54) is 13.1 Å². The van der Waals surface area contributed by atoms with Crippen LogP contribution in [0.1, 0.15) is 27.8 Å². The molecule has 2 N–H and O–H groups in total. The molecular formula is C13H11N3O3. The van der Waals surface area contributed by atoms with Crippen LogP contribution in [0.2, 0.25) is 0 Å². The number of nitrogens with zero attached hydrogens (tertiary/aromatic N) is 1. The Balaban J connectivity index is 2.12. The number of ketones is 1. The molecule has 19 heavy (non-hydrogen) atoms. The van der Waals surface area contributed by atoms with Crippen LogP contribution >= 0.6 is 0 Å². The summed E-state index contributed by atoms with van der Waals surface area (Å²) in [5.41, 5.74) is 0.848. The van der Waals surface area contributed by atoms with E-state index in [9.17, 15) is 14.4 Å². The van der Waals surface area contributed by atoms with Crippen molar-refractivity contribution in [3.05, 3.63) is 58.3 Å². The molecule has 0 spiro atoms. The van der Waals surface area contributed by atoms with Crippen LogP contribution in [0.15, 0.2) is 41.5 Å². The van der Waals surface area contributed by atoms with Gasteiger partial charge in [-0.3, -0.25) is 14.4 Å². The highest BCUT2D eigenvalue weighted by atomic mass is 16.2. The van der Waals surface area contributed by atoms with E-state index in [1.54, 1.807) is 24.3 Å². The van der Waals surface area contributed by atoms with Gasteiger partial charge in [0, 0.05) is 17.4 Å². The van der Waals surface area contributed by atoms with E-state index in [0.29, 0.717) is 11.3 Å². The molecule has 1 aromatic carbocycles. The maximum atomic E-state index is 11.8. The fourth-order valence-electron chi connectivity index (χ4n) is 1.45. The first-order valence-electron chi connectivity index (χ1n) is 5.53. The molecule has 1 amide bonds. The van der Waals surface area contributed by atoms with Gasteiger partial charge in [0.05, 0.1) is 6.20 Å². The number of H-pyrrole nitrogens is 1. The average molecular weight is 257 g/mol. The fourth-order valence-corrected chi connectivity index (χ4v) is 1.45. The molecule has 0 bridgehead atoms. The summed E-state index contributed by atoms with van der Waals surface area (Å²) < 4.78 is 0. The van der Waals surface area contributed by atoms with Crippen LogP contribution in [0.3, 0.4) is 0 Å². The van der Waals surface area contributed by atoms with Gasteiger partial charge in [-0.05, 0) is 31.2 Å². The number of nitrogens with one attached hydrogen (secondary N) is 2. The SMILES string of the molecule is CC(=O)c1ccc(NC(=O)c2c[nH]c(=O)cn2)cc1. The minimum absolute atomic E-state index is 0.0415. The molecule has 0 fully saturated rings. The van der Waals surface area contributed by atoms with Crippen LogP contribution < -0.4 is 10.9 Å². The number of benzene rings is 1. The van der Waals surface area contributed by atoms with Crippen molar-refractivity contribution in [2.24, 2.45) is 0 Å². The summed E-state index contributed by atoms with van der Waals surface area (Å²) in [7, 11) is 0. The van der Waals surface area contributed by atoms with Crippen molar-refractivity contribution in [1.82, 2.24) is 9.97 Å². The predicted octanol–water partition coefficient (Wildman–Crippen LogP) is 1.22. The van der Waals surface area contributed by atoms with E-state index in [0.717, 1.165) is 6.20 Å². The zero-order valence-corrected chi connectivity index (χ0v) is 10.1. The topological polar surface area (TPSA) is 91.9 Å². The van der Waals surface area contributed by atoms with Gasteiger partial charge in [-0.1, -0.05) is 0 Å². The van der Waals surface area contributed by atoms with Crippen molar-refractivity contribution in [3.8, 4) is 0 Å². The molecule has 2 aromatic rings. The van der Waals surface area contributed by atoms with Crippen LogP contribution in [0.4, 0.5) is 5.69 Å². The van der Waals surface area contributed by atoms with Crippen molar-refractivity contribution in [2.75, 3.05) is 5.32 Å². The number of aromatic amines is 1. The number of aromatic nitrogens is 2. The van der Waals surface area contributed by atoms with Gasteiger partial charge in [-0.2, -0.15) is 0 Å². The Hall–Kier alpha value is -2.76. The van der Waals surface area contributed by atoms with Crippen LogP contribution in [-0.2, 0) is 0 Å². The Morgan fingerprint density at radius 2 is 1.89 bits per heavy atom. The Morgan fingerprint density at radius 1 is 1.21 bits per heavy atom. The first kappa shape index (κ1) is 12.7. The van der Waals surface area contributed by atoms with Crippen LogP contribution in [0.25, 0.3) is 0 Å². The standard InChI is InChI=1S/C13H11N3O3/c1-8(17)9-2-4-10(5-3-9)16-13(19)11-6-15-12(18)7-14-11/h2-7H,1H3,(H,15,18)(H,16,19). The lowest BCUT2D eigenvalue weighted by molar-refractivity contribution is 0.101. The van der Waals surface area contributed by atoms with E-state index in [1.807, 2.05) is 0 Å². The lowest BCUT2D eigenvalue weighted by atomic mass is 10.1. The van der Waals surface area contributed by atoms with Gasteiger partial charge in [0.2, 0.25) is 0 Å². The first-order valence-corrected chi connectivity index (χ1v) is 5.53. The van der Waals surface area contributed by atoms with Crippen LogP contribution in [0, 0.1) is 0 Å². The average Bonchev–Trinajstić information content (AvgIpc) is 2.40. The summed E-state index contributed by atoms with van der Waals surface area (Å²) in [6.45, 7) is 1.47. The number of hydrogen-bond donors (Lipinski definition) is 2. The second-order valence-electron chi connectivity index (χ2n) is 3.88. The quantitative estimate of drug-likeness (QED) is 0.809. The molecule has 2 rings (SSSR count). The summed E-state index contributed by atoms with van der Waals surface area (Å²) in [4.78, 5) is 39.8. The zero-order valence-electron chi connectivity index (χ0n) is 10.1. The molecule has 96 valence electrons. The Labute approximate surface area is 108 Å². The number of amides is 1. The number of hydrogen-bond acceptors (Lipinski definition) is 4. The summed E-state index contributed by atoms with van der Waals surface area (Å²) in [6.07, 6.45) is 2.27. The maximum absolute atomic E-state index is 11.8. The number of Topliss-reactive ketones (excluding diaryl/α,β-unsaturated/α-hetero) is 1. The highest BCUT2D eigenvalue weighted by Crippen LogP contribution is 2.10. The molecular weight excluding hydrogens is 246 g/mol. The predicted molar refractivity (Wildman–Crippen MR) is 69.3 cm³/mol. The fraction of sp³-hybridized carbons (Fsp3) is 0.0769. The summed E-state index contributed by atoms with van der Waals surface area (Å²) in [6, 6.07) is 6.50. The third kappa shape index (κ3) is 3.12. The molecule has 0 aliphatic carbocycles. The summed E-state index contributed by atoms with van der Waals surface area (Å²) in [5.74, 6) is -0.480. The number of carbonyl (C=O) groups is 2. The Morgan fingerprint density at radius 3 is 2.42 bits per heavy atom. The largest absolute Gasteiger partial charge is 0.325 e. The molecule has 0 aliphatic rings. The zero-order chi connectivity index (χ0) is 13.8. The van der Waals surface area contributed by atoms with Crippen molar-refractivity contribution in [1.29, 1.82) is 0 Å². The van der Waals surface area contributed by atoms with E-state index in [4.69, 9.17) is 0 Å². The first-order chi connectivity index (χ1) is 9.06. The third-order valence-electron chi connectivity index (χ3n) is 2.45.